The molecule has 5 rings (SSSR count). The van der Waals surface area contributed by atoms with Crippen LogP contribution in [0.3, 0.4) is 0 Å². The van der Waals surface area contributed by atoms with Crippen LogP contribution in [0.5, 0.6) is 5.75 Å². The first-order valence-corrected chi connectivity index (χ1v) is 14.3. The van der Waals surface area contributed by atoms with Gasteiger partial charge in [0.05, 0.1) is 28.5 Å². The maximum Gasteiger partial charge on any atom is 0.338 e. The first-order chi connectivity index (χ1) is 19.8. The van der Waals surface area contributed by atoms with Gasteiger partial charge in [0.2, 0.25) is 0 Å². The highest BCUT2D eigenvalue weighted by molar-refractivity contribution is 7.07. The second-order valence-electron chi connectivity index (χ2n) is 9.88. The third kappa shape index (κ3) is 5.69. The fourth-order valence-corrected chi connectivity index (χ4v) is 5.80. The monoisotopic (exact) mass is 566 g/mol. The van der Waals surface area contributed by atoms with Gasteiger partial charge in [-0.3, -0.25) is 14.2 Å². The van der Waals surface area contributed by atoms with Crippen molar-refractivity contribution in [2.75, 3.05) is 6.61 Å². The lowest BCUT2D eigenvalue weighted by molar-refractivity contribution is -0.139. The number of ether oxygens (including phenoxy) is 2. The number of esters is 2. The summed E-state index contributed by atoms with van der Waals surface area (Å²) in [5.74, 6) is -0.307. The van der Waals surface area contributed by atoms with Gasteiger partial charge in [-0.25, -0.2) is 9.79 Å². The highest BCUT2D eigenvalue weighted by Crippen LogP contribution is 2.35. The molecule has 1 aromatic heterocycles. The van der Waals surface area contributed by atoms with E-state index in [0.717, 1.165) is 16.7 Å². The summed E-state index contributed by atoms with van der Waals surface area (Å²) in [4.78, 5) is 44.7. The Bertz CT molecular complexity index is 1820. The molecule has 7 nitrogen and oxygen atoms in total. The van der Waals surface area contributed by atoms with E-state index in [9.17, 15) is 14.4 Å². The summed E-state index contributed by atoms with van der Waals surface area (Å²) in [6.45, 7) is 7.49. The standard InChI is InChI=1S/C33H30N2O5S/c1-5-39-32(38)28-29(23-11-7-6-8-12-23)34-33-35(30(28)24-17-15-22(16-18-24)20(2)3)31(37)27(41-33)19-25-13-9-10-14-26(25)40-21(4)36/h6-20,30H,5H2,1-4H3/b27-19-/t30-/m1/s1. The Hall–Kier alpha value is -4.56. The highest BCUT2D eigenvalue weighted by atomic mass is 32.1. The smallest absolute Gasteiger partial charge is 0.338 e. The zero-order valence-corrected chi connectivity index (χ0v) is 24.1. The van der Waals surface area contributed by atoms with Gasteiger partial charge in [-0.1, -0.05) is 98.0 Å². The van der Waals surface area contributed by atoms with Crippen LogP contribution < -0.4 is 19.6 Å². The SMILES string of the molecule is CCOC(=O)C1=C(c2ccccc2)N=c2s/c(=C\c3ccccc3OC(C)=O)c(=O)n2[C@@H]1c1ccc(C(C)C)cc1. The Morgan fingerprint density at radius 1 is 1.00 bits per heavy atom. The van der Waals surface area contributed by atoms with Crippen molar-refractivity contribution >= 4 is 35.0 Å². The lowest BCUT2D eigenvalue weighted by atomic mass is 9.91. The molecule has 0 saturated carbocycles. The molecule has 1 aliphatic heterocycles. The van der Waals surface area contributed by atoms with E-state index < -0.39 is 18.0 Å². The molecule has 0 fully saturated rings. The number of carbonyl (C=O) groups is 2. The lowest BCUT2D eigenvalue weighted by Crippen LogP contribution is -2.40. The van der Waals surface area contributed by atoms with E-state index in [-0.39, 0.29) is 12.2 Å². The van der Waals surface area contributed by atoms with Crippen LogP contribution in [0.2, 0.25) is 0 Å². The molecule has 1 atom stereocenters. The maximum atomic E-state index is 14.1. The molecule has 0 aliphatic carbocycles. The second-order valence-corrected chi connectivity index (χ2v) is 10.9. The van der Waals surface area contributed by atoms with E-state index in [1.807, 2.05) is 54.6 Å². The van der Waals surface area contributed by atoms with Gasteiger partial charge < -0.3 is 9.47 Å². The van der Waals surface area contributed by atoms with Gasteiger partial charge >= 0.3 is 11.9 Å². The molecule has 208 valence electrons. The third-order valence-electron chi connectivity index (χ3n) is 6.75. The molecule has 1 aliphatic rings. The molecule has 4 aromatic rings. The second kappa shape index (κ2) is 11.9. The third-order valence-corrected chi connectivity index (χ3v) is 7.73. The predicted octanol–water partition coefficient (Wildman–Crippen LogP) is 4.98. The quantitative estimate of drug-likeness (QED) is 0.233. The summed E-state index contributed by atoms with van der Waals surface area (Å²) in [6, 6.07) is 23.7. The zero-order valence-electron chi connectivity index (χ0n) is 23.3. The largest absolute Gasteiger partial charge is 0.463 e. The zero-order chi connectivity index (χ0) is 29.1. The topological polar surface area (TPSA) is 87.0 Å². The van der Waals surface area contributed by atoms with Crippen molar-refractivity contribution < 1.29 is 19.1 Å². The van der Waals surface area contributed by atoms with Crippen LogP contribution in [0.15, 0.2) is 94.2 Å². The summed E-state index contributed by atoms with van der Waals surface area (Å²) in [7, 11) is 0. The summed E-state index contributed by atoms with van der Waals surface area (Å²) < 4.78 is 12.9. The number of fused-ring (bicyclic) bond motifs is 1. The molecule has 0 radical (unpaired) electrons. The van der Waals surface area contributed by atoms with Crippen LogP contribution in [0, 0.1) is 0 Å². The first-order valence-electron chi connectivity index (χ1n) is 13.4. The first kappa shape index (κ1) is 28.0. The molecule has 0 bridgehead atoms. The number of hydrogen-bond donors (Lipinski definition) is 0. The molecule has 0 N–H and O–H groups in total. The maximum absolute atomic E-state index is 14.1. The highest BCUT2D eigenvalue weighted by Gasteiger charge is 2.35. The molecular formula is C33H30N2O5S. The van der Waals surface area contributed by atoms with Crippen LogP contribution >= 0.6 is 11.3 Å². The van der Waals surface area contributed by atoms with Crippen LogP contribution in [0.25, 0.3) is 11.8 Å². The van der Waals surface area contributed by atoms with Gasteiger partial charge in [-0.15, -0.1) is 0 Å². The average Bonchev–Trinajstić information content (AvgIpc) is 3.27. The molecule has 2 heterocycles. The Kier molecular flexibility index (Phi) is 8.12. The molecule has 0 spiro atoms. The van der Waals surface area contributed by atoms with Crippen molar-refractivity contribution in [3.05, 3.63) is 126 Å². The Labute approximate surface area is 241 Å². The average molecular weight is 567 g/mol. The summed E-state index contributed by atoms with van der Waals surface area (Å²) in [5.41, 5.74) is 3.71. The fraction of sp³-hybridized carbons (Fsp3) is 0.212. The molecule has 41 heavy (non-hydrogen) atoms. The van der Waals surface area contributed by atoms with Gasteiger partial charge in [-0.05, 0) is 36.1 Å². The van der Waals surface area contributed by atoms with Crippen molar-refractivity contribution in [2.24, 2.45) is 4.99 Å². The van der Waals surface area contributed by atoms with Crippen molar-refractivity contribution in [1.29, 1.82) is 0 Å². The van der Waals surface area contributed by atoms with E-state index in [1.54, 1.807) is 41.8 Å². The van der Waals surface area contributed by atoms with Crippen molar-refractivity contribution in [3.63, 3.8) is 0 Å². The molecule has 3 aromatic carbocycles. The number of aromatic nitrogens is 1. The van der Waals surface area contributed by atoms with Crippen molar-refractivity contribution in [1.82, 2.24) is 4.57 Å². The minimum atomic E-state index is -0.757. The molecular weight excluding hydrogens is 536 g/mol. The van der Waals surface area contributed by atoms with Crippen LogP contribution in [-0.2, 0) is 14.3 Å². The summed E-state index contributed by atoms with van der Waals surface area (Å²) >= 11 is 1.22. The normalized spacial score (nSPS) is 15.0. The van der Waals surface area contributed by atoms with Gasteiger partial charge in [0.15, 0.2) is 4.80 Å². The number of benzene rings is 3. The molecule has 0 amide bonds. The Morgan fingerprint density at radius 2 is 1.68 bits per heavy atom. The van der Waals surface area contributed by atoms with Gasteiger partial charge in [0.1, 0.15) is 5.75 Å². The van der Waals surface area contributed by atoms with Crippen LogP contribution in [0.4, 0.5) is 0 Å². The Morgan fingerprint density at radius 3 is 2.34 bits per heavy atom. The number of hydrogen-bond acceptors (Lipinski definition) is 7. The summed E-state index contributed by atoms with van der Waals surface area (Å²) in [6.07, 6.45) is 1.69. The van der Waals surface area contributed by atoms with E-state index in [2.05, 4.69) is 13.8 Å². The predicted molar refractivity (Wildman–Crippen MR) is 159 cm³/mol. The van der Waals surface area contributed by atoms with E-state index in [0.29, 0.717) is 37.8 Å². The van der Waals surface area contributed by atoms with Gasteiger partial charge in [0, 0.05) is 18.1 Å². The van der Waals surface area contributed by atoms with Crippen molar-refractivity contribution in [3.8, 4) is 5.75 Å². The Balaban J connectivity index is 1.80. The van der Waals surface area contributed by atoms with Gasteiger partial charge in [-0.2, -0.15) is 0 Å². The minimum Gasteiger partial charge on any atom is -0.463 e. The van der Waals surface area contributed by atoms with Crippen molar-refractivity contribution in [2.45, 2.75) is 39.7 Å². The van der Waals surface area contributed by atoms with E-state index in [1.165, 1.54) is 18.3 Å². The lowest BCUT2D eigenvalue weighted by Gasteiger charge is -2.26. The van der Waals surface area contributed by atoms with E-state index in [4.69, 9.17) is 14.5 Å². The molecule has 0 saturated heterocycles. The number of para-hydroxylation sites is 1. The van der Waals surface area contributed by atoms with Crippen LogP contribution in [-0.4, -0.2) is 23.1 Å². The van der Waals surface area contributed by atoms with E-state index >= 15 is 0 Å². The van der Waals surface area contributed by atoms with Crippen LogP contribution in [0.1, 0.15) is 61.9 Å². The molecule has 8 heteroatoms. The number of thiazole rings is 1. The fourth-order valence-electron chi connectivity index (χ4n) is 4.81. The minimum absolute atomic E-state index is 0.181. The number of carbonyl (C=O) groups excluding carboxylic acids is 2. The molecule has 0 unspecified atom stereocenters. The number of rotatable bonds is 7. The van der Waals surface area contributed by atoms with Gasteiger partial charge in [0.25, 0.3) is 5.56 Å². The summed E-state index contributed by atoms with van der Waals surface area (Å²) in [5, 5.41) is 0. The number of nitrogens with zero attached hydrogens (tertiary/aromatic N) is 2.